The molecular formula is C33H41ClN10O4. The van der Waals surface area contributed by atoms with Crippen molar-refractivity contribution >= 4 is 63.8 Å². The lowest BCUT2D eigenvalue weighted by atomic mass is 10.1. The molecule has 0 saturated carbocycles. The van der Waals surface area contributed by atoms with Gasteiger partial charge in [0, 0.05) is 82.9 Å². The smallest absolute Gasteiger partial charge is 0.272 e. The number of nitrogens with zero attached hydrogens (tertiary/aromatic N) is 4. The lowest BCUT2D eigenvalue weighted by Crippen LogP contribution is -2.28. The van der Waals surface area contributed by atoms with Crippen LogP contribution in [0.15, 0.2) is 61.1 Å². The van der Waals surface area contributed by atoms with E-state index in [2.05, 4.69) is 33.1 Å². The number of carbonyl (C=O) groups excluding carboxylic acids is 4. The summed E-state index contributed by atoms with van der Waals surface area (Å²) in [7, 11) is 5.04. The van der Waals surface area contributed by atoms with Gasteiger partial charge in [0.25, 0.3) is 23.6 Å². The monoisotopic (exact) mass is 676 g/mol. The quantitative estimate of drug-likeness (QED) is 0.0629. The minimum Gasteiger partial charge on any atom is -0.388 e. The number of hydrogen-bond donors (Lipinski definition) is 6. The maximum absolute atomic E-state index is 13.2. The number of aromatic nitrogens is 3. The van der Waals surface area contributed by atoms with Gasteiger partial charge in [0.05, 0.1) is 22.9 Å². The van der Waals surface area contributed by atoms with Crippen molar-refractivity contribution in [3.8, 4) is 0 Å². The molecule has 3 aromatic heterocycles. The number of halogens is 1. The second-order valence-electron chi connectivity index (χ2n) is 11.3. The molecule has 0 aliphatic heterocycles. The molecule has 3 heterocycles. The van der Waals surface area contributed by atoms with E-state index < -0.39 is 11.8 Å². The Hall–Kier alpha value is -5.50. The van der Waals surface area contributed by atoms with Gasteiger partial charge >= 0.3 is 0 Å². The van der Waals surface area contributed by atoms with Crippen molar-refractivity contribution in [2.75, 3.05) is 46.4 Å². The van der Waals surface area contributed by atoms with Gasteiger partial charge in [0.1, 0.15) is 17.1 Å². The first kappa shape index (κ1) is 35.4. The Morgan fingerprint density at radius 1 is 0.750 bits per heavy atom. The molecule has 0 saturated heterocycles. The van der Waals surface area contributed by atoms with Crippen LogP contribution in [0.5, 0.6) is 0 Å². The summed E-state index contributed by atoms with van der Waals surface area (Å²) in [4.78, 5) is 53.9. The number of alkyl halides is 1. The second kappa shape index (κ2) is 15.9. The van der Waals surface area contributed by atoms with Gasteiger partial charge in [-0.1, -0.05) is 6.92 Å². The SMILES string of the molecule is CCCN(CCCl)c1ccc(C(=O)Nc2cc(C(=O)Nc3cc(C(=O)Nc4cc(C(=O)NCCC(=N)N)n(C)c4)n(C)c3)n(C)c2)cc1. The van der Waals surface area contributed by atoms with Crippen molar-refractivity contribution < 1.29 is 19.2 Å². The van der Waals surface area contributed by atoms with E-state index in [0.717, 1.165) is 18.7 Å². The molecule has 0 fully saturated rings. The molecule has 15 heteroatoms. The molecule has 1 aromatic carbocycles. The molecule has 4 rings (SSSR count). The van der Waals surface area contributed by atoms with Gasteiger partial charge in [0.2, 0.25) is 0 Å². The summed E-state index contributed by atoms with van der Waals surface area (Å²) in [5.41, 5.74) is 8.94. The fourth-order valence-electron chi connectivity index (χ4n) is 5.14. The summed E-state index contributed by atoms with van der Waals surface area (Å²) in [6.45, 7) is 3.91. The predicted molar refractivity (Wildman–Crippen MR) is 189 cm³/mol. The Kier molecular flexibility index (Phi) is 11.7. The third-order valence-corrected chi connectivity index (χ3v) is 7.68. The van der Waals surface area contributed by atoms with Crippen LogP contribution in [-0.2, 0) is 21.1 Å². The number of carbonyl (C=O) groups is 4. The van der Waals surface area contributed by atoms with Crippen LogP contribution in [0.3, 0.4) is 0 Å². The molecule has 0 aliphatic carbocycles. The van der Waals surface area contributed by atoms with Crippen LogP contribution in [0, 0.1) is 5.41 Å². The molecule has 254 valence electrons. The van der Waals surface area contributed by atoms with Crippen LogP contribution in [0.2, 0.25) is 0 Å². The van der Waals surface area contributed by atoms with Gasteiger partial charge in [-0.25, -0.2) is 0 Å². The number of hydrogen-bond acceptors (Lipinski definition) is 6. The van der Waals surface area contributed by atoms with Crippen molar-refractivity contribution in [3.63, 3.8) is 0 Å². The minimum absolute atomic E-state index is 0.0266. The van der Waals surface area contributed by atoms with Gasteiger partial charge < -0.3 is 45.6 Å². The number of amidine groups is 1. The third-order valence-electron chi connectivity index (χ3n) is 7.51. The highest BCUT2D eigenvalue weighted by atomic mass is 35.5. The number of anilines is 4. The Morgan fingerprint density at radius 2 is 1.21 bits per heavy atom. The second-order valence-corrected chi connectivity index (χ2v) is 11.7. The first-order chi connectivity index (χ1) is 22.9. The predicted octanol–water partition coefficient (Wildman–Crippen LogP) is 3.97. The van der Waals surface area contributed by atoms with Gasteiger partial charge in [0.15, 0.2) is 0 Å². The molecule has 0 bridgehead atoms. The molecule has 4 aromatic rings. The number of nitrogens with one attached hydrogen (secondary N) is 5. The third kappa shape index (κ3) is 8.85. The zero-order valence-electron chi connectivity index (χ0n) is 27.4. The summed E-state index contributed by atoms with van der Waals surface area (Å²) >= 11 is 5.94. The zero-order chi connectivity index (χ0) is 35.0. The normalized spacial score (nSPS) is 10.8. The van der Waals surface area contributed by atoms with E-state index >= 15 is 0 Å². The molecule has 4 amide bonds. The first-order valence-corrected chi connectivity index (χ1v) is 15.9. The van der Waals surface area contributed by atoms with Crippen LogP contribution in [0.1, 0.15) is 61.6 Å². The topological polar surface area (TPSA) is 184 Å². The van der Waals surface area contributed by atoms with Crippen LogP contribution < -0.4 is 31.9 Å². The van der Waals surface area contributed by atoms with Crippen LogP contribution in [0.25, 0.3) is 0 Å². The van der Waals surface area contributed by atoms with Crippen molar-refractivity contribution in [2.45, 2.75) is 19.8 Å². The Labute approximate surface area is 283 Å². The van der Waals surface area contributed by atoms with E-state index in [1.165, 1.54) is 12.1 Å². The molecule has 7 N–H and O–H groups in total. The molecule has 14 nitrogen and oxygen atoms in total. The van der Waals surface area contributed by atoms with Gasteiger partial charge in [-0.05, 0) is 48.9 Å². The number of amides is 4. The van der Waals surface area contributed by atoms with E-state index in [9.17, 15) is 19.2 Å². The fourth-order valence-corrected chi connectivity index (χ4v) is 5.34. The Bertz CT molecular complexity index is 1800. The maximum atomic E-state index is 13.2. The minimum atomic E-state index is -0.443. The van der Waals surface area contributed by atoms with E-state index in [-0.39, 0.29) is 36.3 Å². The molecule has 0 atom stereocenters. The number of rotatable bonds is 15. The Balaban J connectivity index is 1.37. The summed E-state index contributed by atoms with van der Waals surface area (Å²) < 4.78 is 4.75. The molecule has 0 radical (unpaired) electrons. The van der Waals surface area contributed by atoms with Gasteiger partial charge in [-0.3, -0.25) is 24.6 Å². The average molecular weight is 677 g/mol. The van der Waals surface area contributed by atoms with Crippen LogP contribution in [0.4, 0.5) is 22.7 Å². The summed E-state index contributed by atoms with van der Waals surface area (Å²) in [5, 5.41) is 18.4. The van der Waals surface area contributed by atoms with E-state index in [1.807, 2.05) is 12.1 Å². The Morgan fingerprint density at radius 3 is 1.65 bits per heavy atom. The van der Waals surface area contributed by atoms with Crippen LogP contribution >= 0.6 is 11.6 Å². The molecule has 0 spiro atoms. The number of benzene rings is 1. The largest absolute Gasteiger partial charge is 0.388 e. The van der Waals surface area contributed by atoms with Crippen molar-refractivity contribution in [1.82, 2.24) is 19.0 Å². The summed E-state index contributed by atoms with van der Waals surface area (Å²) in [6, 6.07) is 12.0. The molecule has 0 unspecified atom stereocenters. The van der Waals surface area contributed by atoms with E-state index in [1.54, 1.807) is 71.6 Å². The standard InChI is InChI=1S/C33H41ClN10O4/c1-5-13-44(14-11-34)25-8-6-21(7-9-25)30(45)38-22-16-27(42(3)18-22)32(47)40-24-17-28(43(4)20-24)33(48)39-23-15-26(41(2)19-23)31(46)37-12-10-29(35)36/h6-9,15-20H,5,10-14H2,1-4H3,(H3,35,36)(H,37,46)(H,38,45)(H,39,48)(H,40,47). The molecular weight excluding hydrogens is 636 g/mol. The number of nitrogens with two attached hydrogens (primary N) is 1. The first-order valence-electron chi connectivity index (χ1n) is 15.3. The maximum Gasteiger partial charge on any atom is 0.272 e. The van der Waals surface area contributed by atoms with Gasteiger partial charge in [-0.2, -0.15) is 0 Å². The highest BCUT2D eigenvalue weighted by Gasteiger charge is 2.19. The number of aryl methyl sites for hydroxylation is 3. The summed E-state index contributed by atoms with van der Waals surface area (Å²) in [6.07, 6.45) is 6.07. The van der Waals surface area contributed by atoms with Crippen LogP contribution in [-0.4, -0.2) is 68.7 Å². The molecule has 0 aliphatic rings. The lowest BCUT2D eigenvalue weighted by molar-refractivity contribution is 0.0944. The van der Waals surface area contributed by atoms with Crippen molar-refractivity contribution in [2.24, 2.45) is 26.9 Å². The fraction of sp³-hybridized carbons (Fsp3) is 0.303. The average Bonchev–Trinajstić information content (AvgIpc) is 3.71. The lowest BCUT2D eigenvalue weighted by Gasteiger charge is -2.23. The van der Waals surface area contributed by atoms with Gasteiger partial charge in [-0.15, -0.1) is 11.6 Å². The highest BCUT2D eigenvalue weighted by molar-refractivity contribution is 6.18. The summed E-state index contributed by atoms with van der Waals surface area (Å²) in [5.74, 6) is -1.06. The van der Waals surface area contributed by atoms with E-state index in [4.69, 9.17) is 22.7 Å². The van der Waals surface area contributed by atoms with Crippen molar-refractivity contribution in [1.29, 1.82) is 5.41 Å². The van der Waals surface area contributed by atoms with E-state index in [0.29, 0.717) is 46.4 Å². The zero-order valence-corrected chi connectivity index (χ0v) is 28.1. The molecule has 48 heavy (non-hydrogen) atoms. The highest BCUT2D eigenvalue weighted by Crippen LogP contribution is 2.21. The van der Waals surface area contributed by atoms with Crippen molar-refractivity contribution in [3.05, 3.63) is 83.7 Å².